The van der Waals surface area contributed by atoms with Crippen LogP contribution in [-0.2, 0) is 26.2 Å². The molecule has 0 saturated heterocycles. The lowest BCUT2D eigenvalue weighted by atomic mass is 10.1. The van der Waals surface area contributed by atoms with Gasteiger partial charge in [0.1, 0.15) is 10.9 Å². The largest absolute Gasteiger partial charge is 0.355 e. The lowest BCUT2D eigenvalue weighted by Gasteiger charge is -2.31. The van der Waals surface area contributed by atoms with Gasteiger partial charge >= 0.3 is 0 Å². The number of rotatable bonds is 10. The van der Waals surface area contributed by atoms with Crippen LogP contribution >= 0.6 is 0 Å². The van der Waals surface area contributed by atoms with Crippen molar-refractivity contribution in [2.45, 2.75) is 57.5 Å². The molecule has 8 nitrogen and oxygen atoms in total. The molecule has 0 fully saturated rings. The summed E-state index contributed by atoms with van der Waals surface area (Å²) in [7, 11) is -3.91. The van der Waals surface area contributed by atoms with Crippen LogP contribution in [0.3, 0.4) is 0 Å². The molecule has 0 aromatic heterocycles. The third kappa shape index (κ3) is 5.14. The normalized spacial score (nSPS) is 15.0. The van der Waals surface area contributed by atoms with Gasteiger partial charge in [0.15, 0.2) is 0 Å². The molecule has 34 heavy (non-hydrogen) atoms. The highest BCUT2D eigenvalue weighted by molar-refractivity contribution is 7.90. The molecule has 1 aliphatic heterocycles. The van der Waals surface area contributed by atoms with Gasteiger partial charge in [0.05, 0.1) is 5.56 Å². The Kier molecular flexibility index (Phi) is 8.09. The summed E-state index contributed by atoms with van der Waals surface area (Å²) in [6.45, 7) is 6.25. The zero-order valence-electron chi connectivity index (χ0n) is 19.8. The summed E-state index contributed by atoms with van der Waals surface area (Å²) in [5.41, 5.74) is 2.10. The zero-order chi connectivity index (χ0) is 24.9. The molecule has 9 heteroatoms. The molecule has 0 unspecified atom stereocenters. The molecule has 0 bridgehead atoms. The highest BCUT2D eigenvalue weighted by Gasteiger charge is 2.40. The first kappa shape index (κ1) is 25.4. The van der Waals surface area contributed by atoms with E-state index in [1.165, 1.54) is 12.1 Å². The van der Waals surface area contributed by atoms with E-state index in [0.29, 0.717) is 13.0 Å². The summed E-state index contributed by atoms with van der Waals surface area (Å²) in [6.07, 6.45) is 0.614. The van der Waals surface area contributed by atoms with Gasteiger partial charge in [-0.3, -0.25) is 14.4 Å². The molecule has 0 saturated carbocycles. The number of fused-ring (bicyclic) bond motifs is 1. The average Bonchev–Trinajstić information content (AvgIpc) is 3.01. The van der Waals surface area contributed by atoms with Gasteiger partial charge < -0.3 is 10.2 Å². The number of hydrogen-bond acceptors (Lipinski definition) is 5. The molecule has 0 spiro atoms. The standard InChI is InChI=1S/C25H31N3O5S/c1-4-21(24(30)26-5-2)27(17-19-12-7-6-11-18(19)3)23(29)15-10-16-28-25(31)20-13-8-9-14-22(20)34(28,32)33/h6-9,11-14,21H,4-5,10,15-17H2,1-3H3,(H,26,30)/t21-/m0/s1. The smallest absolute Gasteiger partial charge is 0.269 e. The lowest BCUT2D eigenvalue weighted by Crippen LogP contribution is -2.49. The first-order chi connectivity index (χ1) is 16.2. The van der Waals surface area contributed by atoms with E-state index in [2.05, 4.69) is 5.32 Å². The van der Waals surface area contributed by atoms with Crippen LogP contribution in [0.4, 0.5) is 0 Å². The van der Waals surface area contributed by atoms with Crippen molar-refractivity contribution in [2.75, 3.05) is 13.1 Å². The Hall–Kier alpha value is -3.20. The second kappa shape index (κ2) is 10.8. The van der Waals surface area contributed by atoms with Gasteiger partial charge in [0.2, 0.25) is 11.8 Å². The van der Waals surface area contributed by atoms with E-state index >= 15 is 0 Å². The highest BCUT2D eigenvalue weighted by Crippen LogP contribution is 2.30. The summed E-state index contributed by atoms with van der Waals surface area (Å²) >= 11 is 0. The van der Waals surface area contributed by atoms with Crippen molar-refractivity contribution in [1.82, 2.24) is 14.5 Å². The fraction of sp³-hybridized carbons (Fsp3) is 0.400. The molecule has 2 aromatic carbocycles. The number of aryl methyl sites for hydroxylation is 1. The van der Waals surface area contributed by atoms with Crippen LogP contribution in [0.15, 0.2) is 53.4 Å². The fourth-order valence-electron chi connectivity index (χ4n) is 4.15. The fourth-order valence-corrected chi connectivity index (χ4v) is 5.76. The quantitative estimate of drug-likeness (QED) is 0.557. The van der Waals surface area contributed by atoms with Crippen molar-refractivity contribution < 1.29 is 22.8 Å². The zero-order valence-corrected chi connectivity index (χ0v) is 20.6. The molecule has 3 rings (SSSR count). The maximum Gasteiger partial charge on any atom is 0.269 e. The first-order valence-electron chi connectivity index (χ1n) is 11.5. The van der Waals surface area contributed by atoms with Crippen molar-refractivity contribution in [1.29, 1.82) is 0 Å². The van der Waals surface area contributed by atoms with Crippen LogP contribution in [0.2, 0.25) is 0 Å². The molecule has 1 heterocycles. The van der Waals surface area contributed by atoms with Gasteiger partial charge in [-0.05, 0) is 49.9 Å². The van der Waals surface area contributed by atoms with Gasteiger partial charge in [0, 0.05) is 26.1 Å². The summed E-state index contributed by atoms with van der Waals surface area (Å²) in [4.78, 5) is 40.2. The lowest BCUT2D eigenvalue weighted by molar-refractivity contribution is -0.141. The van der Waals surface area contributed by atoms with Gasteiger partial charge in [-0.1, -0.05) is 43.3 Å². The number of nitrogens with one attached hydrogen (secondary N) is 1. The molecule has 3 amide bonds. The van der Waals surface area contributed by atoms with Crippen molar-refractivity contribution >= 4 is 27.7 Å². The Bertz CT molecular complexity index is 1180. The second-order valence-corrected chi connectivity index (χ2v) is 10.1. The Labute approximate surface area is 201 Å². The SMILES string of the molecule is CCNC(=O)[C@H](CC)N(Cc1ccccc1C)C(=O)CCCN1C(=O)c2ccccc2S1(=O)=O. The highest BCUT2D eigenvalue weighted by atomic mass is 32.2. The van der Waals surface area contributed by atoms with Crippen LogP contribution in [0.5, 0.6) is 0 Å². The minimum absolute atomic E-state index is 0.00482. The molecule has 2 aromatic rings. The molecule has 1 atom stereocenters. The van der Waals surface area contributed by atoms with Crippen LogP contribution in [0, 0.1) is 6.92 Å². The topological polar surface area (TPSA) is 104 Å². The summed E-state index contributed by atoms with van der Waals surface area (Å²) < 4.78 is 26.3. The number of sulfonamides is 1. The monoisotopic (exact) mass is 485 g/mol. The van der Waals surface area contributed by atoms with Gasteiger partial charge in [-0.2, -0.15) is 0 Å². The Morgan fingerprint density at radius 3 is 2.38 bits per heavy atom. The van der Waals surface area contributed by atoms with E-state index < -0.39 is 22.0 Å². The summed E-state index contributed by atoms with van der Waals surface area (Å²) in [5.74, 6) is -1.06. The van der Waals surface area contributed by atoms with Crippen molar-refractivity contribution in [2.24, 2.45) is 0 Å². The number of hydrogen-bond donors (Lipinski definition) is 1. The van der Waals surface area contributed by atoms with Crippen molar-refractivity contribution in [3.63, 3.8) is 0 Å². The second-order valence-electron chi connectivity index (χ2n) is 8.25. The Morgan fingerprint density at radius 2 is 1.74 bits per heavy atom. The van der Waals surface area contributed by atoms with E-state index in [1.54, 1.807) is 17.0 Å². The molecule has 182 valence electrons. The summed E-state index contributed by atoms with van der Waals surface area (Å²) in [5, 5.41) is 2.79. The maximum atomic E-state index is 13.3. The minimum Gasteiger partial charge on any atom is -0.355 e. The third-order valence-electron chi connectivity index (χ3n) is 6.00. The van der Waals surface area contributed by atoms with Gasteiger partial charge in [-0.25, -0.2) is 12.7 Å². The van der Waals surface area contributed by atoms with Crippen molar-refractivity contribution in [3.05, 3.63) is 65.2 Å². The van der Waals surface area contributed by atoms with Crippen LogP contribution in [-0.4, -0.2) is 54.5 Å². The number of carbonyl (C=O) groups excluding carboxylic acids is 3. The van der Waals surface area contributed by atoms with Crippen molar-refractivity contribution in [3.8, 4) is 0 Å². The number of nitrogens with zero attached hydrogens (tertiary/aromatic N) is 2. The van der Waals surface area contributed by atoms with Gasteiger partial charge in [-0.15, -0.1) is 0 Å². The minimum atomic E-state index is -3.91. The molecule has 0 radical (unpaired) electrons. The first-order valence-corrected chi connectivity index (χ1v) is 12.9. The number of carbonyl (C=O) groups is 3. The summed E-state index contributed by atoms with van der Waals surface area (Å²) in [6, 6.07) is 13.1. The Balaban J connectivity index is 1.75. The third-order valence-corrected chi connectivity index (χ3v) is 7.84. The predicted molar refractivity (Wildman–Crippen MR) is 128 cm³/mol. The van der Waals surface area contributed by atoms with Crippen LogP contribution < -0.4 is 5.32 Å². The Morgan fingerprint density at radius 1 is 1.06 bits per heavy atom. The number of likely N-dealkylation sites (N-methyl/N-ethyl adjacent to an activating group) is 1. The average molecular weight is 486 g/mol. The van der Waals surface area contributed by atoms with E-state index in [4.69, 9.17) is 0 Å². The van der Waals surface area contributed by atoms with E-state index in [9.17, 15) is 22.8 Å². The molecular formula is C25H31N3O5S. The molecular weight excluding hydrogens is 454 g/mol. The molecule has 0 aliphatic carbocycles. The van der Waals surface area contributed by atoms with E-state index in [-0.39, 0.29) is 48.2 Å². The number of benzene rings is 2. The van der Waals surface area contributed by atoms with E-state index in [0.717, 1.165) is 15.4 Å². The van der Waals surface area contributed by atoms with Crippen LogP contribution in [0.25, 0.3) is 0 Å². The maximum absolute atomic E-state index is 13.3. The molecule has 1 aliphatic rings. The molecule has 1 N–H and O–H groups in total. The van der Waals surface area contributed by atoms with Crippen LogP contribution in [0.1, 0.15) is 54.6 Å². The predicted octanol–water partition coefficient (Wildman–Crippen LogP) is 2.86. The van der Waals surface area contributed by atoms with Gasteiger partial charge in [0.25, 0.3) is 15.9 Å². The van der Waals surface area contributed by atoms with E-state index in [1.807, 2.05) is 45.0 Å². The number of amides is 3.